The molecule has 0 saturated carbocycles. The predicted octanol–water partition coefficient (Wildman–Crippen LogP) is 0.918. The van der Waals surface area contributed by atoms with Crippen molar-refractivity contribution in [2.75, 3.05) is 6.54 Å². The van der Waals surface area contributed by atoms with Crippen LogP contribution in [-0.4, -0.2) is 44.3 Å². The molecule has 100 valence electrons. The fraction of sp³-hybridized carbons (Fsp3) is 0.583. The summed E-state index contributed by atoms with van der Waals surface area (Å²) in [7, 11) is 1.74. The molecular formula is C12H19N3O3. The smallest absolute Gasteiger partial charge is 0.323 e. The van der Waals surface area contributed by atoms with Crippen LogP contribution in [0.25, 0.3) is 0 Å². The number of carboxylic acid groups (broad SMARTS) is 1. The standard InChI is InChI=1S/C12H19N3O3/c1-5-10-9(6-14(4)13-10)12(18)15(8(2)3)7-11(16)17/h6,8H,5,7H2,1-4H3,(H,16,17). The Hall–Kier alpha value is -1.85. The SMILES string of the molecule is CCc1nn(C)cc1C(=O)N(CC(=O)O)C(C)C. The summed E-state index contributed by atoms with van der Waals surface area (Å²) in [5, 5.41) is 13.0. The van der Waals surface area contributed by atoms with E-state index in [4.69, 9.17) is 5.11 Å². The predicted molar refractivity (Wildman–Crippen MR) is 66.4 cm³/mol. The van der Waals surface area contributed by atoms with Crippen LogP contribution in [0, 0.1) is 0 Å². The van der Waals surface area contributed by atoms with Crippen molar-refractivity contribution in [3.63, 3.8) is 0 Å². The summed E-state index contributed by atoms with van der Waals surface area (Å²) < 4.78 is 1.57. The van der Waals surface area contributed by atoms with Crippen LogP contribution in [0.15, 0.2) is 6.20 Å². The third kappa shape index (κ3) is 3.09. The summed E-state index contributed by atoms with van der Waals surface area (Å²) in [6, 6.07) is -0.168. The zero-order chi connectivity index (χ0) is 13.9. The van der Waals surface area contributed by atoms with Gasteiger partial charge in [0, 0.05) is 19.3 Å². The highest BCUT2D eigenvalue weighted by Crippen LogP contribution is 2.13. The molecule has 0 saturated heterocycles. The molecule has 18 heavy (non-hydrogen) atoms. The number of aliphatic carboxylic acids is 1. The average molecular weight is 253 g/mol. The van der Waals surface area contributed by atoms with Gasteiger partial charge in [-0.2, -0.15) is 5.10 Å². The minimum absolute atomic E-state index is 0.168. The molecule has 1 aromatic heterocycles. The second-order valence-electron chi connectivity index (χ2n) is 4.44. The normalized spacial score (nSPS) is 10.7. The summed E-state index contributed by atoms with van der Waals surface area (Å²) in [5.41, 5.74) is 1.17. The largest absolute Gasteiger partial charge is 0.480 e. The molecule has 1 rings (SSSR count). The molecule has 0 bridgehead atoms. The molecule has 0 spiro atoms. The van der Waals surface area contributed by atoms with Gasteiger partial charge in [0.25, 0.3) is 5.91 Å². The van der Waals surface area contributed by atoms with Crippen molar-refractivity contribution < 1.29 is 14.7 Å². The monoisotopic (exact) mass is 253 g/mol. The first-order valence-electron chi connectivity index (χ1n) is 5.92. The summed E-state index contributed by atoms with van der Waals surface area (Å²) in [6.45, 7) is 5.20. The van der Waals surface area contributed by atoms with Gasteiger partial charge in [-0.15, -0.1) is 0 Å². The molecule has 0 aliphatic carbocycles. The van der Waals surface area contributed by atoms with E-state index < -0.39 is 5.97 Å². The first-order chi connectivity index (χ1) is 8.36. The Morgan fingerprint density at radius 1 is 1.50 bits per heavy atom. The molecule has 0 unspecified atom stereocenters. The lowest BCUT2D eigenvalue weighted by Crippen LogP contribution is -2.40. The van der Waals surface area contributed by atoms with Crippen LogP contribution in [0.5, 0.6) is 0 Å². The van der Waals surface area contributed by atoms with Crippen LogP contribution in [-0.2, 0) is 18.3 Å². The Labute approximate surface area is 106 Å². The lowest BCUT2D eigenvalue weighted by atomic mass is 10.1. The Morgan fingerprint density at radius 3 is 2.56 bits per heavy atom. The molecule has 0 fully saturated rings. The Bertz CT molecular complexity index is 451. The minimum atomic E-state index is -1.01. The van der Waals surface area contributed by atoms with Crippen LogP contribution in [0.4, 0.5) is 0 Å². The van der Waals surface area contributed by atoms with Gasteiger partial charge in [0.15, 0.2) is 0 Å². The molecule has 0 aromatic carbocycles. The average Bonchev–Trinajstić information content (AvgIpc) is 2.65. The molecular weight excluding hydrogens is 234 g/mol. The summed E-state index contributed by atoms with van der Waals surface area (Å²) >= 11 is 0. The first-order valence-corrected chi connectivity index (χ1v) is 5.92. The highest BCUT2D eigenvalue weighted by Gasteiger charge is 2.24. The molecule has 6 nitrogen and oxygen atoms in total. The Balaban J connectivity index is 3.05. The molecule has 0 radical (unpaired) electrons. The minimum Gasteiger partial charge on any atom is -0.480 e. The van der Waals surface area contributed by atoms with Gasteiger partial charge in [-0.3, -0.25) is 14.3 Å². The number of hydrogen-bond acceptors (Lipinski definition) is 3. The molecule has 0 atom stereocenters. The topological polar surface area (TPSA) is 75.4 Å². The van der Waals surface area contributed by atoms with E-state index in [1.54, 1.807) is 31.8 Å². The van der Waals surface area contributed by atoms with Crippen LogP contribution >= 0.6 is 0 Å². The zero-order valence-electron chi connectivity index (χ0n) is 11.2. The number of amides is 1. The maximum absolute atomic E-state index is 12.3. The number of rotatable bonds is 5. The fourth-order valence-electron chi connectivity index (χ4n) is 1.76. The summed E-state index contributed by atoms with van der Waals surface area (Å²) in [5.74, 6) is -1.30. The van der Waals surface area contributed by atoms with Gasteiger partial charge < -0.3 is 10.0 Å². The molecule has 6 heteroatoms. The van der Waals surface area contributed by atoms with E-state index in [9.17, 15) is 9.59 Å². The maximum Gasteiger partial charge on any atom is 0.323 e. The molecule has 1 heterocycles. The number of hydrogen-bond donors (Lipinski definition) is 1. The first kappa shape index (κ1) is 14.2. The van der Waals surface area contributed by atoms with E-state index in [1.807, 2.05) is 6.92 Å². The van der Waals surface area contributed by atoms with E-state index in [0.717, 1.165) is 0 Å². The molecule has 1 aromatic rings. The number of aryl methyl sites for hydroxylation is 2. The fourth-order valence-corrected chi connectivity index (χ4v) is 1.76. The van der Waals surface area contributed by atoms with Crippen LogP contribution in [0.2, 0.25) is 0 Å². The van der Waals surface area contributed by atoms with E-state index in [2.05, 4.69) is 5.10 Å². The summed E-state index contributed by atoms with van der Waals surface area (Å²) in [6.07, 6.45) is 2.28. The van der Waals surface area contributed by atoms with Gasteiger partial charge in [-0.1, -0.05) is 6.92 Å². The van der Waals surface area contributed by atoms with E-state index >= 15 is 0 Å². The second-order valence-corrected chi connectivity index (χ2v) is 4.44. The summed E-state index contributed by atoms with van der Waals surface area (Å²) in [4.78, 5) is 24.5. The van der Waals surface area contributed by atoms with Crippen molar-refractivity contribution in [1.82, 2.24) is 14.7 Å². The van der Waals surface area contributed by atoms with Crippen molar-refractivity contribution in [3.8, 4) is 0 Å². The van der Waals surface area contributed by atoms with E-state index in [0.29, 0.717) is 17.7 Å². The maximum atomic E-state index is 12.3. The van der Waals surface area contributed by atoms with Crippen molar-refractivity contribution >= 4 is 11.9 Å². The van der Waals surface area contributed by atoms with Crippen LogP contribution in [0.3, 0.4) is 0 Å². The van der Waals surface area contributed by atoms with Crippen LogP contribution < -0.4 is 0 Å². The zero-order valence-corrected chi connectivity index (χ0v) is 11.2. The third-order valence-corrected chi connectivity index (χ3v) is 2.66. The lowest BCUT2D eigenvalue weighted by Gasteiger charge is -2.24. The third-order valence-electron chi connectivity index (χ3n) is 2.66. The number of carbonyl (C=O) groups is 2. The van der Waals surface area contributed by atoms with Crippen molar-refractivity contribution in [2.45, 2.75) is 33.2 Å². The second kappa shape index (κ2) is 5.66. The molecule has 1 N–H and O–H groups in total. The number of nitrogens with zero attached hydrogens (tertiary/aromatic N) is 3. The van der Waals surface area contributed by atoms with Gasteiger partial charge in [0.1, 0.15) is 6.54 Å². The van der Waals surface area contributed by atoms with Crippen molar-refractivity contribution in [1.29, 1.82) is 0 Å². The molecule has 0 aliphatic heterocycles. The number of carbonyl (C=O) groups excluding carboxylic acids is 1. The van der Waals surface area contributed by atoms with Gasteiger partial charge in [-0.25, -0.2) is 0 Å². The van der Waals surface area contributed by atoms with Gasteiger partial charge in [-0.05, 0) is 20.3 Å². The highest BCUT2D eigenvalue weighted by atomic mass is 16.4. The van der Waals surface area contributed by atoms with Crippen molar-refractivity contribution in [3.05, 3.63) is 17.5 Å². The lowest BCUT2D eigenvalue weighted by molar-refractivity contribution is -0.138. The quantitative estimate of drug-likeness (QED) is 0.846. The molecule has 1 amide bonds. The van der Waals surface area contributed by atoms with E-state index in [1.165, 1.54) is 4.90 Å². The van der Waals surface area contributed by atoms with Crippen molar-refractivity contribution in [2.24, 2.45) is 7.05 Å². The van der Waals surface area contributed by atoms with Gasteiger partial charge in [0.05, 0.1) is 11.3 Å². The van der Waals surface area contributed by atoms with Gasteiger partial charge in [0.2, 0.25) is 0 Å². The molecule has 0 aliphatic rings. The Kier molecular flexibility index (Phi) is 4.47. The Morgan fingerprint density at radius 2 is 2.11 bits per heavy atom. The number of carboxylic acids is 1. The van der Waals surface area contributed by atoms with Gasteiger partial charge >= 0.3 is 5.97 Å². The number of aromatic nitrogens is 2. The highest BCUT2D eigenvalue weighted by molar-refractivity contribution is 5.96. The van der Waals surface area contributed by atoms with E-state index in [-0.39, 0.29) is 18.5 Å². The van der Waals surface area contributed by atoms with Crippen LogP contribution in [0.1, 0.15) is 36.8 Å².